The van der Waals surface area contributed by atoms with Gasteiger partial charge in [-0.25, -0.2) is 0 Å². The van der Waals surface area contributed by atoms with Crippen LogP contribution in [-0.2, 0) is 9.47 Å². The van der Waals surface area contributed by atoms with Crippen molar-refractivity contribution >= 4 is 11.6 Å². The number of hydrogen-bond donors (Lipinski definition) is 0. The number of alkyl halides is 1. The Morgan fingerprint density at radius 1 is 1.62 bits per heavy atom. The highest BCUT2D eigenvalue weighted by atomic mass is 35.5. The summed E-state index contributed by atoms with van der Waals surface area (Å²) in [5.41, 5.74) is 0. The summed E-state index contributed by atoms with van der Waals surface area (Å²) in [5.74, 6) is -0.604. The van der Waals surface area contributed by atoms with Gasteiger partial charge >= 0.3 is 0 Å². The van der Waals surface area contributed by atoms with Crippen molar-refractivity contribution in [2.24, 2.45) is 0 Å². The first-order valence-electron chi connectivity index (χ1n) is 3.16. The maximum Gasteiger partial charge on any atom is 0.158 e. The zero-order valence-corrected chi connectivity index (χ0v) is 5.23. The standard InChI is InChI=1S/C5H9ClO2/c6-2-1-5-7-3-4-8-5/h5H,1-4H2/i2D. The molecule has 1 fully saturated rings. The maximum atomic E-state index is 6.95. The second-order valence-electron chi connectivity index (χ2n) is 1.56. The number of hydrogen-bond acceptors (Lipinski definition) is 2. The first-order chi connectivity index (χ1) is 4.29. The predicted octanol–water partition coefficient (Wildman–Crippen LogP) is 0.988. The van der Waals surface area contributed by atoms with Gasteiger partial charge in [0, 0.05) is 13.6 Å². The van der Waals surface area contributed by atoms with Crippen molar-refractivity contribution in [3.8, 4) is 0 Å². The van der Waals surface area contributed by atoms with Crippen LogP contribution < -0.4 is 0 Å². The van der Waals surface area contributed by atoms with Gasteiger partial charge in [0.1, 0.15) is 0 Å². The van der Waals surface area contributed by atoms with Gasteiger partial charge in [0.2, 0.25) is 0 Å². The van der Waals surface area contributed by atoms with E-state index in [2.05, 4.69) is 0 Å². The Kier molecular flexibility index (Phi) is 2.06. The molecule has 0 aromatic heterocycles. The van der Waals surface area contributed by atoms with Gasteiger partial charge in [0.05, 0.1) is 13.2 Å². The van der Waals surface area contributed by atoms with E-state index in [-0.39, 0.29) is 6.29 Å². The Hall–Kier alpha value is 0.210. The van der Waals surface area contributed by atoms with Crippen LogP contribution in [0.2, 0.25) is 0 Å². The van der Waals surface area contributed by atoms with E-state index < -0.39 is 5.86 Å². The van der Waals surface area contributed by atoms with Crippen LogP contribution in [0.25, 0.3) is 0 Å². The van der Waals surface area contributed by atoms with Crippen molar-refractivity contribution in [2.45, 2.75) is 12.7 Å². The molecule has 1 unspecified atom stereocenters. The van der Waals surface area contributed by atoms with Gasteiger partial charge < -0.3 is 9.47 Å². The van der Waals surface area contributed by atoms with E-state index in [0.717, 1.165) is 0 Å². The lowest BCUT2D eigenvalue weighted by atomic mass is 10.5. The van der Waals surface area contributed by atoms with Gasteiger partial charge in [-0.05, 0) is 0 Å². The van der Waals surface area contributed by atoms with Crippen molar-refractivity contribution < 1.29 is 10.8 Å². The van der Waals surface area contributed by atoms with Gasteiger partial charge in [-0.1, -0.05) is 0 Å². The maximum absolute atomic E-state index is 6.95. The molecule has 1 aliphatic rings. The zero-order valence-electron chi connectivity index (χ0n) is 5.47. The molecule has 1 aliphatic heterocycles. The lowest BCUT2D eigenvalue weighted by Crippen LogP contribution is -2.07. The average Bonchev–Trinajstić information content (AvgIpc) is 2.15. The van der Waals surface area contributed by atoms with Crippen molar-refractivity contribution in [2.75, 3.05) is 19.1 Å². The molecular formula is C5H9ClO2. The Morgan fingerprint density at radius 3 is 2.75 bits per heavy atom. The molecule has 0 aliphatic carbocycles. The van der Waals surface area contributed by atoms with Crippen molar-refractivity contribution in [3.63, 3.8) is 0 Å². The molecule has 0 aromatic carbocycles. The quantitative estimate of drug-likeness (QED) is 0.529. The molecule has 1 heterocycles. The fourth-order valence-corrected chi connectivity index (χ4v) is 0.762. The van der Waals surface area contributed by atoms with E-state index in [9.17, 15) is 0 Å². The van der Waals surface area contributed by atoms with E-state index in [4.69, 9.17) is 22.4 Å². The van der Waals surface area contributed by atoms with Crippen molar-refractivity contribution in [3.05, 3.63) is 0 Å². The molecule has 8 heavy (non-hydrogen) atoms. The number of rotatable bonds is 2. The second kappa shape index (κ2) is 3.28. The molecule has 0 N–H and O–H groups in total. The van der Waals surface area contributed by atoms with Crippen LogP contribution in [0.5, 0.6) is 0 Å². The van der Waals surface area contributed by atoms with Gasteiger partial charge in [-0.2, -0.15) is 0 Å². The summed E-state index contributed by atoms with van der Waals surface area (Å²) in [6, 6.07) is 0. The average molecular weight is 138 g/mol. The minimum atomic E-state index is -0.604. The Balaban J connectivity index is 2.11. The van der Waals surface area contributed by atoms with Crippen LogP contribution >= 0.6 is 11.6 Å². The second-order valence-corrected chi connectivity index (χ2v) is 1.87. The molecule has 0 amide bonds. The Morgan fingerprint density at radius 2 is 2.25 bits per heavy atom. The summed E-state index contributed by atoms with van der Waals surface area (Å²) < 4.78 is 17.0. The minimum absolute atomic E-state index is 0.231. The van der Waals surface area contributed by atoms with E-state index in [1.807, 2.05) is 0 Å². The summed E-state index contributed by atoms with van der Waals surface area (Å²) in [5, 5.41) is 0. The molecule has 0 radical (unpaired) electrons. The molecule has 0 saturated carbocycles. The van der Waals surface area contributed by atoms with E-state index >= 15 is 0 Å². The van der Waals surface area contributed by atoms with Crippen LogP contribution in [0.15, 0.2) is 0 Å². The molecule has 3 heteroatoms. The zero-order chi connectivity index (χ0) is 6.69. The third kappa shape index (κ3) is 1.62. The highest BCUT2D eigenvalue weighted by Gasteiger charge is 2.13. The van der Waals surface area contributed by atoms with Gasteiger partial charge in [-0.3, -0.25) is 0 Å². The van der Waals surface area contributed by atoms with Crippen LogP contribution in [0, 0.1) is 0 Å². The molecule has 0 aromatic rings. The summed E-state index contributed by atoms with van der Waals surface area (Å²) >= 11 is 5.36. The lowest BCUT2D eigenvalue weighted by molar-refractivity contribution is -0.0423. The predicted molar refractivity (Wildman–Crippen MR) is 31.0 cm³/mol. The molecule has 2 nitrogen and oxygen atoms in total. The van der Waals surface area contributed by atoms with E-state index in [1.165, 1.54) is 0 Å². The topological polar surface area (TPSA) is 18.5 Å². The third-order valence-corrected chi connectivity index (χ3v) is 1.15. The molecule has 48 valence electrons. The van der Waals surface area contributed by atoms with Gasteiger partial charge in [0.15, 0.2) is 6.29 Å². The minimum Gasteiger partial charge on any atom is -0.350 e. The molecule has 1 saturated heterocycles. The monoisotopic (exact) mass is 137 g/mol. The van der Waals surface area contributed by atoms with E-state index in [1.54, 1.807) is 0 Å². The van der Waals surface area contributed by atoms with Crippen LogP contribution in [0.1, 0.15) is 7.79 Å². The summed E-state index contributed by atoms with van der Waals surface area (Å²) in [6.45, 7) is 1.27. The summed E-state index contributed by atoms with van der Waals surface area (Å²) in [4.78, 5) is 0. The number of ether oxygens (including phenoxy) is 2. The van der Waals surface area contributed by atoms with Gasteiger partial charge in [-0.15, -0.1) is 11.6 Å². The number of halogens is 1. The Bertz CT molecular complexity index is 83.0. The van der Waals surface area contributed by atoms with Crippen LogP contribution in [-0.4, -0.2) is 25.4 Å². The molecule has 0 spiro atoms. The smallest absolute Gasteiger partial charge is 0.158 e. The Labute approximate surface area is 55.1 Å². The van der Waals surface area contributed by atoms with Crippen molar-refractivity contribution in [1.82, 2.24) is 0 Å². The van der Waals surface area contributed by atoms with Gasteiger partial charge in [0.25, 0.3) is 0 Å². The molecule has 1 atom stereocenters. The fraction of sp³-hybridized carbons (Fsp3) is 1.00. The van der Waals surface area contributed by atoms with Crippen LogP contribution in [0.4, 0.5) is 0 Å². The largest absolute Gasteiger partial charge is 0.350 e. The highest BCUT2D eigenvalue weighted by molar-refractivity contribution is 6.17. The first-order valence-corrected chi connectivity index (χ1v) is 3.02. The lowest BCUT2D eigenvalue weighted by Gasteiger charge is -2.03. The normalized spacial score (nSPS) is 27.9. The van der Waals surface area contributed by atoms with E-state index in [0.29, 0.717) is 19.6 Å². The summed E-state index contributed by atoms with van der Waals surface area (Å²) in [7, 11) is 0. The first kappa shape index (κ1) is 5.03. The summed E-state index contributed by atoms with van der Waals surface area (Å²) in [6.07, 6.45) is 0.228. The SMILES string of the molecule is [2H]C(Cl)CC1OCCO1. The van der Waals surface area contributed by atoms with Crippen LogP contribution in [0.3, 0.4) is 0 Å². The van der Waals surface area contributed by atoms with Crippen molar-refractivity contribution in [1.29, 1.82) is 0 Å². The molecule has 1 rings (SSSR count). The molecular weight excluding hydrogens is 128 g/mol. The fourth-order valence-electron chi connectivity index (χ4n) is 0.616. The third-order valence-electron chi connectivity index (χ3n) is 0.972. The highest BCUT2D eigenvalue weighted by Crippen LogP contribution is 2.07. The molecule has 0 bridgehead atoms.